The van der Waals surface area contributed by atoms with Crippen LogP contribution in [0.1, 0.15) is 12.8 Å². The summed E-state index contributed by atoms with van der Waals surface area (Å²) in [5.74, 6) is -0.0837. The SMILES string of the molecule is C=C(O)CCC(=O)Nc1ccccc1. The summed E-state index contributed by atoms with van der Waals surface area (Å²) in [5, 5.41) is 11.5. The van der Waals surface area contributed by atoms with E-state index in [-0.39, 0.29) is 18.1 Å². The monoisotopic (exact) mass is 191 g/mol. The molecule has 0 spiro atoms. The van der Waals surface area contributed by atoms with Gasteiger partial charge in [-0.1, -0.05) is 24.8 Å². The highest BCUT2D eigenvalue weighted by Gasteiger charge is 2.01. The van der Waals surface area contributed by atoms with Crippen molar-refractivity contribution in [3.63, 3.8) is 0 Å². The van der Waals surface area contributed by atoms with Gasteiger partial charge in [-0.25, -0.2) is 0 Å². The highest BCUT2D eigenvalue weighted by molar-refractivity contribution is 5.90. The first-order chi connectivity index (χ1) is 6.68. The Morgan fingerprint density at radius 2 is 1.93 bits per heavy atom. The number of hydrogen-bond acceptors (Lipinski definition) is 2. The summed E-state index contributed by atoms with van der Waals surface area (Å²) in [6.07, 6.45) is 0.558. The van der Waals surface area contributed by atoms with E-state index in [0.29, 0.717) is 6.42 Å². The van der Waals surface area contributed by atoms with Gasteiger partial charge in [0, 0.05) is 18.5 Å². The lowest BCUT2D eigenvalue weighted by atomic mass is 10.2. The van der Waals surface area contributed by atoms with Gasteiger partial charge in [0.15, 0.2) is 0 Å². The van der Waals surface area contributed by atoms with Crippen molar-refractivity contribution >= 4 is 11.6 Å². The van der Waals surface area contributed by atoms with Gasteiger partial charge in [0.25, 0.3) is 0 Å². The molecule has 0 radical (unpaired) electrons. The largest absolute Gasteiger partial charge is 0.513 e. The minimum Gasteiger partial charge on any atom is -0.513 e. The van der Waals surface area contributed by atoms with Crippen LogP contribution in [0.2, 0.25) is 0 Å². The Hall–Kier alpha value is -1.77. The molecular formula is C11H13NO2. The van der Waals surface area contributed by atoms with Gasteiger partial charge in [-0.15, -0.1) is 0 Å². The Kier molecular flexibility index (Phi) is 3.73. The first-order valence-electron chi connectivity index (χ1n) is 4.40. The Labute approximate surface area is 83.1 Å². The minimum absolute atomic E-state index is 0.0354. The summed E-state index contributed by atoms with van der Waals surface area (Å²) in [5.41, 5.74) is 0.765. The van der Waals surface area contributed by atoms with Gasteiger partial charge in [-0.3, -0.25) is 4.79 Å². The quantitative estimate of drug-likeness (QED) is 0.718. The fourth-order valence-corrected chi connectivity index (χ4v) is 1.00. The average molecular weight is 191 g/mol. The van der Waals surface area contributed by atoms with Crippen LogP contribution in [0.5, 0.6) is 0 Å². The van der Waals surface area contributed by atoms with Crippen molar-refractivity contribution in [1.82, 2.24) is 0 Å². The van der Waals surface area contributed by atoms with Crippen LogP contribution in [-0.2, 0) is 4.79 Å². The van der Waals surface area contributed by atoms with Crippen LogP contribution in [0.3, 0.4) is 0 Å². The number of nitrogens with one attached hydrogen (secondary N) is 1. The summed E-state index contributed by atoms with van der Waals surface area (Å²) >= 11 is 0. The second-order valence-corrected chi connectivity index (χ2v) is 2.98. The third kappa shape index (κ3) is 3.76. The summed E-state index contributed by atoms with van der Waals surface area (Å²) in [7, 11) is 0. The number of aliphatic hydroxyl groups excluding tert-OH is 1. The molecule has 1 aromatic carbocycles. The molecule has 3 heteroatoms. The summed E-state index contributed by atoms with van der Waals surface area (Å²) < 4.78 is 0. The van der Waals surface area contributed by atoms with E-state index in [1.807, 2.05) is 30.3 Å². The van der Waals surface area contributed by atoms with Crippen molar-refractivity contribution < 1.29 is 9.90 Å². The highest BCUT2D eigenvalue weighted by atomic mass is 16.3. The molecule has 14 heavy (non-hydrogen) atoms. The van der Waals surface area contributed by atoms with Crippen molar-refractivity contribution in [2.75, 3.05) is 5.32 Å². The molecule has 74 valence electrons. The van der Waals surface area contributed by atoms with Crippen LogP contribution in [0.25, 0.3) is 0 Å². The lowest BCUT2D eigenvalue weighted by Gasteiger charge is -2.03. The molecule has 1 aromatic rings. The smallest absolute Gasteiger partial charge is 0.224 e. The van der Waals surface area contributed by atoms with Crippen LogP contribution in [0.15, 0.2) is 42.7 Å². The first-order valence-corrected chi connectivity index (χ1v) is 4.40. The third-order valence-corrected chi connectivity index (χ3v) is 1.70. The van der Waals surface area contributed by atoms with Crippen LogP contribution < -0.4 is 5.32 Å². The Balaban J connectivity index is 2.38. The van der Waals surface area contributed by atoms with E-state index >= 15 is 0 Å². The molecule has 2 N–H and O–H groups in total. The number of hydrogen-bond donors (Lipinski definition) is 2. The maximum Gasteiger partial charge on any atom is 0.224 e. The van der Waals surface area contributed by atoms with Gasteiger partial charge in [-0.2, -0.15) is 0 Å². The van der Waals surface area contributed by atoms with E-state index in [4.69, 9.17) is 5.11 Å². The third-order valence-electron chi connectivity index (χ3n) is 1.70. The molecule has 0 saturated carbocycles. The van der Waals surface area contributed by atoms with E-state index < -0.39 is 0 Å². The van der Waals surface area contributed by atoms with Gasteiger partial charge < -0.3 is 10.4 Å². The fraction of sp³-hybridized carbons (Fsp3) is 0.182. The predicted octanol–water partition coefficient (Wildman–Crippen LogP) is 2.48. The van der Waals surface area contributed by atoms with Crippen LogP contribution in [-0.4, -0.2) is 11.0 Å². The van der Waals surface area contributed by atoms with Gasteiger partial charge in [0.05, 0.1) is 5.76 Å². The number of anilines is 1. The number of amides is 1. The van der Waals surface area contributed by atoms with Gasteiger partial charge in [-0.05, 0) is 12.1 Å². The molecule has 0 saturated heterocycles. The van der Waals surface area contributed by atoms with E-state index in [2.05, 4.69) is 11.9 Å². The van der Waals surface area contributed by atoms with Crippen molar-refractivity contribution in [3.8, 4) is 0 Å². The molecule has 0 aliphatic rings. The summed E-state index contributed by atoms with van der Waals surface area (Å²) in [6.45, 7) is 3.31. The van der Waals surface area contributed by atoms with Crippen LogP contribution in [0, 0.1) is 0 Å². The summed E-state index contributed by atoms with van der Waals surface area (Å²) in [4.78, 5) is 11.3. The van der Waals surface area contributed by atoms with E-state index in [9.17, 15) is 4.79 Å². The molecule has 0 aliphatic carbocycles. The number of para-hydroxylation sites is 1. The number of allylic oxidation sites excluding steroid dienone is 1. The maximum atomic E-state index is 11.3. The van der Waals surface area contributed by atoms with Crippen molar-refractivity contribution in [1.29, 1.82) is 0 Å². The Morgan fingerprint density at radius 3 is 2.50 bits per heavy atom. The highest BCUT2D eigenvalue weighted by Crippen LogP contribution is 2.06. The van der Waals surface area contributed by atoms with Gasteiger partial charge >= 0.3 is 0 Å². The zero-order valence-electron chi connectivity index (χ0n) is 7.86. The molecule has 0 atom stereocenters. The topological polar surface area (TPSA) is 49.3 Å². The first kappa shape index (κ1) is 10.3. The number of carbonyl (C=O) groups is 1. The number of carbonyl (C=O) groups excluding carboxylic acids is 1. The average Bonchev–Trinajstić information content (AvgIpc) is 2.16. The molecule has 0 bridgehead atoms. The van der Waals surface area contributed by atoms with Gasteiger partial charge in [0.1, 0.15) is 0 Å². The number of rotatable bonds is 4. The normalized spacial score (nSPS) is 9.43. The molecule has 0 unspecified atom stereocenters. The number of benzene rings is 1. The molecule has 1 amide bonds. The van der Waals surface area contributed by atoms with Crippen molar-refractivity contribution in [2.24, 2.45) is 0 Å². The standard InChI is InChI=1S/C11H13NO2/c1-9(13)7-8-11(14)12-10-5-3-2-4-6-10/h2-6,13H,1,7-8H2,(H,12,14). The lowest BCUT2D eigenvalue weighted by Crippen LogP contribution is -2.11. The fourth-order valence-electron chi connectivity index (χ4n) is 1.00. The molecule has 1 rings (SSSR count). The van der Waals surface area contributed by atoms with Gasteiger partial charge in [0.2, 0.25) is 5.91 Å². The molecule has 0 aromatic heterocycles. The van der Waals surface area contributed by atoms with E-state index in [1.54, 1.807) is 0 Å². The van der Waals surface area contributed by atoms with E-state index in [0.717, 1.165) is 5.69 Å². The Bertz CT molecular complexity index is 319. The summed E-state index contributed by atoms with van der Waals surface area (Å²) in [6, 6.07) is 9.20. The van der Waals surface area contributed by atoms with Crippen molar-refractivity contribution in [3.05, 3.63) is 42.7 Å². The van der Waals surface area contributed by atoms with Crippen molar-refractivity contribution in [2.45, 2.75) is 12.8 Å². The molecule has 0 aliphatic heterocycles. The predicted molar refractivity (Wildman–Crippen MR) is 56.1 cm³/mol. The zero-order valence-corrected chi connectivity index (χ0v) is 7.86. The molecule has 0 fully saturated rings. The van der Waals surface area contributed by atoms with Crippen LogP contribution in [0.4, 0.5) is 5.69 Å². The maximum absolute atomic E-state index is 11.3. The van der Waals surface area contributed by atoms with Crippen LogP contribution >= 0.6 is 0 Å². The number of aliphatic hydroxyl groups is 1. The Morgan fingerprint density at radius 1 is 1.29 bits per heavy atom. The zero-order chi connectivity index (χ0) is 10.4. The molecule has 0 heterocycles. The lowest BCUT2D eigenvalue weighted by molar-refractivity contribution is -0.116. The molecule has 3 nitrogen and oxygen atoms in total. The second-order valence-electron chi connectivity index (χ2n) is 2.98. The minimum atomic E-state index is -0.119. The molecular weight excluding hydrogens is 178 g/mol. The van der Waals surface area contributed by atoms with E-state index in [1.165, 1.54) is 0 Å². The second kappa shape index (κ2) is 5.07.